The summed E-state index contributed by atoms with van der Waals surface area (Å²) in [6.07, 6.45) is 0.338. The molecule has 0 bridgehead atoms. The molecule has 1 aliphatic rings. The predicted octanol–water partition coefficient (Wildman–Crippen LogP) is 5.45. The largest absolute Gasteiger partial charge is 0.573 e. The first-order chi connectivity index (χ1) is 22.6. The Bertz CT molecular complexity index is 1780. The molecule has 256 valence electrons. The van der Waals surface area contributed by atoms with Gasteiger partial charge in [-0.15, -0.1) is 13.2 Å². The third-order valence-electron chi connectivity index (χ3n) is 7.39. The summed E-state index contributed by atoms with van der Waals surface area (Å²) in [5.74, 6) is -2.40. The number of sulfone groups is 1. The number of carbonyl (C=O) groups excluding carboxylic acids is 3. The molecule has 3 aromatic rings. The molecule has 0 spiro atoms. The SMILES string of the molecule is COC(=O)[C@H](O)CNC(=O)c1ccc(CN(C(=O)Nc2ccc(OC(F)(F)F)c(S(C)(=O)=O)c2)c2ccc(C3=CCCCC3)cc2)cc1. The lowest BCUT2D eigenvalue weighted by Crippen LogP contribution is -2.37. The number of methoxy groups -OCH3 is 1. The first-order valence-electron chi connectivity index (χ1n) is 14.8. The first-order valence-corrected chi connectivity index (χ1v) is 16.6. The van der Waals surface area contributed by atoms with Crippen LogP contribution in [-0.2, 0) is 25.9 Å². The van der Waals surface area contributed by atoms with Crippen LogP contribution in [0.1, 0.15) is 47.2 Å². The highest BCUT2D eigenvalue weighted by atomic mass is 32.2. The van der Waals surface area contributed by atoms with E-state index in [-0.39, 0.29) is 24.3 Å². The van der Waals surface area contributed by atoms with E-state index in [1.807, 2.05) is 12.1 Å². The fraction of sp³-hybridized carbons (Fsp3) is 0.303. The Morgan fingerprint density at radius 1 is 1.00 bits per heavy atom. The quantitative estimate of drug-likeness (QED) is 0.225. The van der Waals surface area contributed by atoms with Crippen LogP contribution in [0, 0.1) is 0 Å². The highest BCUT2D eigenvalue weighted by Gasteiger charge is 2.33. The van der Waals surface area contributed by atoms with Crippen LogP contribution >= 0.6 is 0 Å². The van der Waals surface area contributed by atoms with Crippen LogP contribution in [0.5, 0.6) is 5.75 Å². The van der Waals surface area contributed by atoms with Crippen molar-refractivity contribution in [3.63, 3.8) is 0 Å². The van der Waals surface area contributed by atoms with Crippen LogP contribution in [0.15, 0.2) is 77.7 Å². The molecular weight excluding hydrogens is 655 g/mol. The molecule has 0 aromatic heterocycles. The van der Waals surface area contributed by atoms with Gasteiger partial charge in [-0.1, -0.05) is 30.3 Å². The number of hydrogen-bond acceptors (Lipinski definition) is 8. The summed E-state index contributed by atoms with van der Waals surface area (Å²) >= 11 is 0. The molecule has 1 atom stereocenters. The number of amides is 3. The molecule has 0 unspecified atom stereocenters. The minimum atomic E-state index is -5.14. The Hall–Kier alpha value is -4.89. The number of aliphatic hydroxyl groups is 1. The van der Waals surface area contributed by atoms with E-state index in [9.17, 15) is 41.1 Å². The molecule has 3 amide bonds. The monoisotopic (exact) mass is 689 g/mol. The van der Waals surface area contributed by atoms with Gasteiger partial charge >= 0.3 is 18.4 Å². The Balaban J connectivity index is 1.59. The second-order valence-electron chi connectivity index (χ2n) is 11.0. The van der Waals surface area contributed by atoms with Crippen LogP contribution in [-0.4, -0.2) is 63.8 Å². The zero-order valence-corrected chi connectivity index (χ0v) is 26.9. The van der Waals surface area contributed by atoms with Crippen molar-refractivity contribution in [1.82, 2.24) is 5.32 Å². The number of nitrogens with one attached hydrogen (secondary N) is 2. The topological polar surface area (TPSA) is 151 Å². The van der Waals surface area contributed by atoms with Crippen molar-refractivity contribution in [3.8, 4) is 5.75 Å². The van der Waals surface area contributed by atoms with Gasteiger partial charge in [0, 0.05) is 23.2 Å². The molecule has 0 aliphatic heterocycles. The highest BCUT2D eigenvalue weighted by Crippen LogP contribution is 2.33. The second-order valence-corrected chi connectivity index (χ2v) is 12.9. The molecule has 48 heavy (non-hydrogen) atoms. The Morgan fingerprint density at radius 3 is 2.27 bits per heavy atom. The van der Waals surface area contributed by atoms with E-state index in [4.69, 9.17) is 0 Å². The number of anilines is 2. The lowest BCUT2D eigenvalue weighted by molar-refractivity contribution is -0.275. The normalized spacial score (nSPS) is 13.9. The first kappa shape index (κ1) is 36.0. The van der Waals surface area contributed by atoms with Gasteiger partial charge in [-0.05, 0) is 84.8 Å². The summed E-state index contributed by atoms with van der Waals surface area (Å²) < 4.78 is 71.6. The number of esters is 1. The number of allylic oxidation sites excluding steroid dienone is 2. The number of carbonyl (C=O) groups is 3. The Morgan fingerprint density at radius 2 is 1.69 bits per heavy atom. The summed E-state index contributed by atoms with van der Waals surface area (Å²) in [4.78, 5) is 38.2. The maximum absolute atomic E-state index is 13.7. The second kappa shape index (κ2) is 15.3. The maximum Gasteiger partial charge on any atom is 0.573 e. The number of rotatable bonds is 11. The summed E-state index contributed by atoms with van der Waals surface area (Å²) in [6, 6.07) is 15.5. The zero-order chi connectivity index (χ0) is 35.1. The summed E-state index contributed by atoms with van der Waals surface area (Å²) in [6.45, 7) is -0.385. The standard InChI is InChI=1S/C33H34F3N3O8S/c1-46-31(42)27(40)19-37-30(41)24-10-8-21(9-11-24)20-39(26-15-12-23(13-16-26)22-6-4-3-5-7-22)32(43)38-25-14-17-28(47-33(34,35)36)29(18-25)48(2,44)45/h6,8-18,27,40H,3-5,7,19-20H2,1-2H3,(H,37,41)(H,38,43)/t27-/m1/s1. The number of urea groups is 1. The molecule has 0 fully saturated rings. The van der Waals surface area contributed by atoms with Gasteiger partial charge in [-0.2, -0.15) is 0 Å². The van der Waals surface area contributed by atoms with E-state index in [0.29, 0.717) is 11.3 Å². The van der Waals surface area contributed by atoms with E-state index < -0.39 is 50.9 Å². The summed E-state index contributed by atoms with van der Waals surface area (Å²) in [7, 11) is -3.09. The van der Waals surface area contributed by atoms with Crippen molar-refractivity contribution < 1.29 is 50.6 Å². The average molecular weight is 690 g/mol. The van der Waals surface area contributed by atoms with Crippen molar-refractivity contribution in [1.29, 1.82) is 0 Å². The molecule has 4 rings (SSSR count). The minimum absolute atomic E-state index is 0.0228. The molecular formula is C33H34F3N3O8S. The molecule has 0 saturated carbocycles. The molecule has 0 radical (unpaired) electrons. The Kier molecular flexibility index (Phi) is 11.5. The van der Waals surface area contributed by atoms with Gasteiger partial charge in [0.2, 0.25) is 0 Å². The van der Waals surface area contributed by atoms with Crippen LogP contribution in [0.25, 0.3) is 5.57 Å². The molecule has 3 N–H and O–H groups in total. The van der Waals surface area contributed by atoms with Gasteiger partial charge in [0.05, 0.1) is 20.2 Å². The van der Waals surface area contributed by atoms with Crippen LogP contribution in [0.3, 0.4) is 0 Å². The van der Waals surface area contributed by atoms with Gasteiger partial charge in [-0.3, -0.25) is 9.69 Å². The van der Waals surface area contributed by atoms with Crippen molar-refractivity contribution in [2.75, 3.05) is 30.1 Å². The van der Waals surface area contributed by atoms with E-state index in [1.54, 1.807) is 24.3 Å². The van der Waals surface area contributed by atoms with Crippen molar-refractivity contribution in [3.05, 3.63) is 89.5 Å². The fourth-order valence-corrected chi connectivity index (χ4v) is 5.78. The van der Waals surface area contributed by atoms with E-state index in [2.05, 4.69) is 26.2 Å². The average Bonchev–Trinajstić information content (AvgIpc) is 3.05. The van der Waals surface area contributed by atoms with E-state index >= 15 is 0 Å². The maximum atomic E-state index is 13.7. The fourth-order valence-electron chi connectivity index (χ4n) is 4.97. The number of alkyl halides is 3. The Labute approximate surface area is 275 Å². The number of nitrogens with zero attached hydrogens (tertiary/aromatic N) is 1. The van der Waals surface area contributed by atoms with Crippen LogP contribution in [0.4, 0.5) is 29.3 Å². The molecule has 1 aliphatic carbocycles. The molecule has 11 nitrogen and oxygen atoms in total. The van der Waals surface area contributed by atoms with Crippen LogP contribution in [0.2, 0.25) is 0 Å². The van der Waals surface area contributed by atoms with Crippen molar-refractivity contribution >= 4 is 44.7 Å². The van der Waals surface area contributed by atoms with Gasteiger partial charge in [-0.25, -0.2) is 18.0 Å². The van der Waals surface area contributed by atoms with Gasteiger partial charge in [0.25, 0.3) is 5.91 Å². The molecule has 3 aromatic carbocycles. The van der Waals surface area contributed by atoms with E-state index in [1.165, 1.54) is 22.6 Å². The predicted molar refractivity (Wildman–Crippen MR) is 171 cm³/mol. The smallest absolute Gasteiger partial charge is 0.467 e. The zero-order valence-electron chi connectivity index (χ0n) is 26.0. The number of ether oxygens (including phenoxy) is 2. The number of aliphatic hydroxyl groups excluding tert-OH is 1. The lowest BCUT2D eigenvalue weighted by Gasteiger charge is -2.24. The van der Waals surface area contributed by atoms with E-state index in [0.717, 1.165) is 62.8 Å². The highest BCUT2D eigenvalue weighted by molar-refractivity contribution is 7.90. The lowest BCUT2D eigenvalue weighted by atomic mass is 9.93. The van der Waals surface area contributed by atoms with Crippen LogP contribution < -0.4 is 20.3 Å². The van der Waals surface area contributed by atoms with Crippen molar-refractivity contribution in [2.45, 2.75) is 49.6 Å². The number of hydrogen-bond donors (Lipinski definition) is 3. The third-order valence-corrected chi connectivity index (χ3v) is 8.51. The van der Waals surface area contributed by atoms with Gasteiger partial charge < -0.3 is 25.2 Å². The van der Waals surface area contributed by atoms with Crippen molar-refractivity contribution in [2.24, 2.45) is 0 Å². The minimum Gasteiger partial charge on any atom is -0.467 e. The third kappa shape index (κ3) is 9.81. The summed E-state index contributed by atoms with van der Waals surface area (Å²) in [5, 5.41) is 14.7. The van der Waals surface area contributed by atoms with Gasteiger partial charge in [0.1, 0.15) is 10.6 Å². The molecule has 15 heteroatoms. The van der Waals surface area contributed by atoms with Gasteiger partial charge in [0.15, 0.2) is 15.9 Å². The number of benzene rings is 3. The molecule has 0 saturated heterocycles. The molecule has 0 heterocycles. The number of halogens is 3. The summed E-state index contributed by atoms with van der Waals surface area (Å²) in [5.41, 5.74) is 3.38.